The van der Waals surface area contributed by atoms with Gasteiger partial charge in [0.25, 0.3) is 0 Å². The molecule has 120 valence electrons. The highest BCUT2D eigenvalue weighted by Gasteiger charge is 2.19. The van der Waals surface area contributed by atoms with Gasteiger partial charge in [0.15, 0.2) is 0 Å². The summed E-state index contributed by atoms with van der Waals surface area (Å²) in [5, 5.41) is 5.28. The van der Waals surface area contributed by atoms with Gasteiger partial charge in [-0.1, -0.05) is 0 Å². The van der Waals surface area contributed by atoms with Crippen LogP contribution < -0.4 is 15.5 Å². The third kappa shape index (κ3) is 5.99. The first-order chi connectivity index (χ1) is 10.3. The van der Waals surface area contributed by atoms with Crippen molar-refractivity contribution >= 4 is 11.8 Å². The van der Waals surface area contributed by atoms with Crippen molar-refractivity contribution in [2.24, 2.45) is 0 Å². The predicted octanol–water partition coefficient (Wildman–Crippen LogP) is -2.30. The minimum Gasteiger partial charge on any atom is -0.376 e. The van der Waals surface area contributed by atoms with Crippen LogP contribution in [-0.4, -0.2) is 70.5 Å². The molecule has 0 bridgehead atoms. The Kier molecular flexibility index (Phi) is 6.91. The van der Waals surface area contributed by atoms with E-state index in [1.165, 1.54) is 4.90 Å². The van der Waals surface area contributed by atoms with Crippen molar-refractivity contribution in [3.63, 3.8) is 0 Å². The first-order valence-corrected chi connectivity index (χ1v) is 7.84. The van der Waals surface area contributed by atoms with E-state index < -0.39 is 11.8 Å². The lowest BCUT2D eigenvalue weighted by molar-refractivity contribution is -0.908. The van der Waals surface area contributed by atoms with Gasteiger partial charge in [-0.2, -0.15) is 0 Å². The van der Waals surface area contributed by atoms with E-state index in [0.29, 0.717) is 13.1 Å². The molecule has 0 aliphatic carbocycles. The zero-order valence-electron chi connectivity index (χ0n) is 12.5. The monoisotopic (exact) mass is 300 g/mol. The van der Waals surface area contributed by atoms with Gasteiger partial charge in [-0.05, 0) is 12.8 Å². The summed E-state index contributed by atoms with van der Waals surface area (Å²) in [4.78, 5) is 24.7. The lowest BCUT2D eigenvalue weighted by Crippen LogP contribution is -3.14. The summed E-state index contributed by atoms with van der Waals surface area (Å²) in [6, 6.07) is 0. The molecule has 7 nitrogen and oxygen atoms in total. The highest BCUT2D eigenvalue weighted by molar-refractivity contribution is 6.35. The first-order valence-electron chi connectivity index (χ1n) is 7.84. The van der Waals surface area contributed by atoms with Crippen LogP contribution in [0.15, 0.2) is 0 Å². The van der Waals surface area contributed by atoms with Crippen molar-refractivity contribution in [3.8, 4) is 0 Å². The fraction of sp³-hybridized carbons (Fsp3) is 0.857. The fourth-order valence-electron chi connectivity index (χ4n) is 2.62. The van der Waals surface area contributed by atoms with Crippen LogP contribution in [0.4, 0.5) is 0 Å². The van der Waals surface area contributed by atoms with Crippen molar-refractivity contribution in [1.29, 1.82) is 0 Å². The van der Waals surface area contributed by atoms with E-state index >= 15 is 0 Å². The summed E-state index contributed by atoms with van der Waals surface area (Å²) in [6.07, 6.45) is 2.91. The van der Waals surface area contributed by atoms with E-state index in [1.54, 1.807) is 0 Å². The fourth-order valence-corrected chi connectivity index (χ4v) is 2.62. The highest BCUT2D eigenvalue weighted by Crippen LogP contribution is 2.10. The van der Waals surface area contributed by atoms with Gasteiger partial charge in [-0.3, -0.25) is 9.59 Å². The van der Waals surface area contributed by atoms with Gasteiger partial charge >= 0.3 is 11.8 Å². The van der Waals surface area contributed by atoms with Crippen LogP contribution in [0.3, 0.4) is 0 Å². The Morgan fingerprint density at radius 1 is 1.10 bits per heavy atom. The quantitative estimate of drug-likeness (QED) is 0.381. The highest BCUT2D eigenvalue weighted by atomic mass is 16.5. The summed E-state index contributed by atoms with van der Waals surface area (Å²) >= 11 is 0. The molecular weight excluding hydrogens is 274 g/mol. The van der Waals surface area contributed by atoms with Crippen molar-refractivity contribution in [2.45, 2.75) is 25.4 Å². The summed E-state index contributed by atoms with van der Waals surface area (Å²) in [6.45, 7) is 6.38. The molecule has 2 fully saturated rings. The van der Waals surface area contributed by atoms with Gasteiger partial charge in [0.2, 0.25) is 0 Å². The van der Waals surface area contributed by atoms with Crippen molar-refractivity contribution in [3.05, 3.63) is 0 Å². The molecule has 0 aromatic carbocycles. The lowest BCUT2D eigenvalue weighted by Gasteiger charge is -2.23. The number of quaternary nitrogens is 1. The lowest BCUT2D eigenvalue weighted by atomic mass is 10.2. The number of hydrogen-bond donors (Lipinski definition) is 3. The average Bonchev–Trinajstić information content (AvgIpc) is 3.03. The van der Waals surface area contributed by atoms with Crippen LogP contribution >= 0.6 is 0 Å². The molecule has 0 unspecified atom stereocenters. The van der Waals surface area contributed by atoms with Gasteiger partial charge in [-0.15, -0.1) is 0 Å². The first kappa shape index (κ1) is 16.2. The number of morpholine rings is 1. The Labute approximate surface area is 125 Å². The molecule has 2 aliphatic heterocycles. The molecule has 3 N–H and O–H groups in total. The molecule has 7 heteroatoms. The zero-order valence-corrected chi connectivity index (χ0v) is 12.5. The Hall–Kier alpha value is -1.18. The molecule has 0 saturated carbocycles. The SMILES string of the molecule is O=C(NCCC[NH+]1CCOCC1)C(=O)NC[C@H]1CCCO1. The number of hydrogen-bond acceptors (Lipinski definition) is 4. The van der Waals surface area contributed by atoms with E-state index in [1.807, 2.05) is 0 Å². The number of amides is 2. The molecule has 2 aliphatic rings. The third-order valence-electron chi connectivity index (χ3n) is 3.91. The molecule has 2 rings (SSSR count). The summed E-state index contributed by atoms with van der Waals surface area (Å²) in [7, 11) is 0. The van der Waals surface area contributed by atoms with Crippen molar-refractivity contribution < 1.29 is 24.0 Å². The topological polar surface area (TPSA) is 81.1 Å². The van der Waals surface area contributed by atoms with E-state index in [0.717, 1.165) is 58.7 Å². The zero-order chi connectivity index (χ0) is 14.9. The van der Waals surface area contributed by atoms with Crippen LogP contribution in [-0.2, 0) is 19.1 Å². The average molecular weight is 300 g/mol. The second-order valence-electron chi connectivity index (χ2n) is 5.57. The molecule has 0 aromatic heterocycles. The Bertz CT molecular complexity index is 339. The summed E-state index contributed by atoms with van der Waals surface area (Å²) in [5.74, 6) is -1.12. The Balaban J connectivity index is 1.50. The van der Waals surface area contributed by atoms with Gasteiger partial charge in [0, 0.05) is 26.1 Å². The molecule has 0 radical (unpaired) electrons. The van der Waals surface area contributed by atoms with Crippen LogP contribution in [0.2, 0.25) is 0 Å². The largest absolute Gasteiger partial charge is 0.376 e. The van der Waals surface area contributed by atoms with Gasteiger partial charge in [-0.25, -0.2) is 0 Å². The summed E-state index contributed by atoms with van der Waals surface area (Å²) < 4.78 is 10.7. The molecule has 0 spiro atoms. The third-order valence-corrected chi connectivity index (χ3v) is 3.91. The van der Waals surface area contributed by atoms with Crippen LogP contribution in [0, 0.1) is 0 Å². The Morgan fingerprint density at radius 3 is 2.57 bits per heavy atom. The van der Waals surface area contributed by atoms with E-state index in [9.17, 15) is 9.59 Å². The van der Waals surface area contributed by atoms with Gasteiger partial charge in [0.05, 0.1) is 25.9 Å². The minimum absolute atomic E-state index is 0.0617. The molecule has 1 atom stereocenters. The van der Waals surface area contributed by atoms with Crippen LogP contribution in [0.1, 0.15) is 19.3 Å². The predicted molar refractivity (Wildman–Crippen MR) is 76.0 cm³/mol. The van der Waals surface area contributed by atoms with Crippen molar-refractivity contribution in [1.82, 2.24) is 10.6 Å². The molecule has 2 saturated heterocycles. The van der Waals surface area contributed by atoms with E-state index in [4.69, 9.17) is 9.47 Å². The van der Waals surface area contributed by atoms with Crippen LogP contribution in [0.25, 0.3) is 0 Å². The maximum Gasteiger partial charge on any atom is 0.309 e. The number of carbonyl (C=O) groups is 2. The smallest absolute Gasteiger partial charge is 0.309 e. The van der Waals surface area contributed by atoms with E-state index in [2.05, 4.69) is 10.6 Å². The van der Waals surface area contributed by atoms with E-state index in [-0.39, 0.29) is 6.10 Å². The maximum absolute atomic E-state index is 11.6. The van der Waals surface area contributed by atoms with Gasteiger partial charge < -0.3 is 25.0 Å². The summed E-state index contributed by atoms with van der Waals surface area (Å²) in [5.41, 5.74) is 0. The molecule has 2 amide bonds. The molecular formula is C14H26N3O4+. The number of carbonyl (C=O) groups excluding carboxylic acids is 2. The second-order valence-corrected chi connectivity index (χ2v) is 5.57. The minimum atomic E-state index is -0.566. The molecule has 2 heterocycles. The number of rotatable bonds is 6. The standard InChI is InChI=1S/C14H25N3O4/c18-13(14(19)16-11-12-3-1-8-21-12)15-4-2-5-17-6-9-20-10-7-17/h12H,1-11H2,(H,15,18)(H,16,19)/p+1/t12-/m1/s1. The second kappa shape index (κ2) is 8.96. The van der Waals surface area contributed by atoms with Crippen molar-refractivity contribution in [2.75, 3.05) is 52.5 Å². The number of nitrogens with one attached hydrogen (secondary N) is 3. The molecule has 21 heavy (non-hydrogen) atoms. The van der Waals surface area contributed by atoms with Crippen LogP contribution in [0.5, 0.6) is 0 Å². The maximum atomic E-state index is 11.6. The molecule has 0 aromatic rings. The van der Waals surface area contributed by atoms with Gasteiger partial charge in [0.1, 0.15) is 13.1 Å². The normalized spacial score (nSPS) is 23.0. The Morgan fingerprint density at radius 2 is 1.86 bits per heavy atom. The number of ether oxygens (including phenoxy) is 2.